The molecule has 4 rings (SSSR count). The van der Waals surface area contributed by atoms with Crippen molar-refractivity contribution >= 4 is 51.6 Å². The van der Waals surface area contributed by atoms with Crippen LogP contribution in [0.4, 0.5) is 0 Å². The van der Waals surface area contributed by atoms with Crippen LogP contribution in [0.3, 0.4) is 0 Å². The number of allylic oxidation sites excluding steroid dienone is 1. The molecule has 0 radical (unpaired) electrons. The van der Waals surface area contributed by atoms with Crippen LogP contribution in [-0.2, 0) is 16.0 Å². The Balaban J connectivity index is 1.67. The van der Waals surface area contributed by atoms with E-state index in [0.717, 1.165) is 29.4 Å². The Morgan fingerprint density at radius 3 is 2.73 bits per heavy atom. The Bertz CT molecular complexity index is 1500. The quantitative estimate of drug-likeness (QED) is 0.0745. The Kier molecular flexibility index (Phi) is 12.6. The number of H-pyrrole nitrogens is 1. The molecule has 4 N–H and O–H groups in total. The van der Waals surface area contributed by atoms with Crippen LogP contribution in [-0.4, -0.2) is 83.3 Å². The van der Waals surface area contributed by atoms with Gasteiger partial charge in [0.25, 0.3) is 0 Å². The van der Waals surface area contributed by atoms with Gasteiger partial charge < -0.3 is 34.9 Å². The molecule has 2 amide bonds. The number of carbonyl (C=O) groups excluding carboxylic acids is 3. The molecule has 1 aliphatic carbocycles. The van der Waals surface area contributed by atoms with Gasteiger partial charge in [-0.2, -0.15) is 0 Å². The number of nitrogens with zero attached hydrogens (tertiary/aromatic N) is 1. The second-order valence-corrected chi connectivity index (χ2v) is 12.1. The van der Waals surface area contributed by atoms with Crippen molar-refractivity contribution in [1.82, 2.24) is 15.2 Å². The van der Waals surface area contributed by atoms with Gasteiger partial charge in [0.2, 0.25) is 11.8 Å². The zero-order valence-corrected chi connectivity index (χ0v) is 27.5. The number of rotatable bonds is 16. The average molecular weight is 730 g/mol. The molecule has 1 aliphatic rings. The predicted octanol–water partition coefficient (Wildman–Crippen LogP) is 4.33. The van der Waals surface area contributed by atoms with Gasteiger partial charge in [-0.3, -0.25) is 14.4 Å². The molecule has 3 unspecified atom stereocenters. The summed E-state index contributed by atoms with van der Waals surface area (Å²) in [6.07, 6.45) is 5.04. The highest BCUT2D eigenvalue weighted by molar-refractivity contribution is 14.1. The molecule has 2 aromatic carbocycles. The summed E-state index contributed by atoms with van der Waals surface area (Å²) < 4.78 is 12.4. The van der Waals surface area contributed by atoms with Crippen molar-refractivity contribution in [2.45, 2.75) is 56.8 Å². The Labute approximate surface area is 276 Å². The second-order valence-electron chi connectivity index (χ2n) is 10.9. The van der Waals surface area contributed by atoms with E-state index in [1.54, 1.807) is 17.0 Å². The number of aliphatic hydroxyl groups is 2. The van der Waals surface area contributed by atoms with E-state index in [1.165, 1.54) is 13.2 Å². The SMILES string of the molecule is C=CCCCCC(=O)N(CCc1cc2ccccc2[nH]1)C1CC(C(=O)NCCO)=CC(Oc2c(I)cc(C=O)cc2OC)C1O. The number of ether oxygens (including phenoxy) is 2. The summed E-state index contributed by atoms with van der Waals surface area (Å²) in [5.41, 5.74) is 2.67. The van der Waals surface area contributed by atoms with Crippen molar-refractivity contribution in [1.29, 1.82) is 0 Å². The number of aromatic nitrogens is 1. The van der Waals surface area contributed by atoms with Gasteiger partial charge >= 0.3 is 0 Å². The van der Waals surface area contributed by atoms with Crippen molar-refractivity contribution in [2.24, 2.45) is 0 Å². The number of para-hydroxylation sites is 1. The summed E-state index contributed by atoms with van der Waals surface area (Å²) in [6.45, 7) is 3.89. The van der Waals surface area contributed by atoms with Gasteiger partial charge in [-0.05, 0) is 77.6 Å². The number of aldehydes is 1. The van der Waals surface area contributed by atoms with E-state index >= 15 is 0 Å². The number of unbranched alkanes of at least 4 members (excludes halogenated alkanes) is 2. The van der Waals surface area contributed by atoms with Crippen molar-refractivity contribution in [2.75, 3.05) is 26.8 Å². The highest BCUT2D eigenvalue weighted by atomic mass is 127. The summed E-state index contributed by atoms with van der Waals surface area (Å²) in [5.74, 6) is 0.0612. The number of fused-ring (bicyclic) bond motifs is 1. The smallest absolute Gasteiger partial charge is 0.247 e. The van der Waals surface area contributed by atoms with E-state index in [9.17, 15) is 24.6 Å². The number of hydrogen-bond acceptors (Lipinski definition) is 7. The van der Waals surface area contributed by atoms with E-state index in [0.29, 0.717) is 51.9 Å². The molecule has 0 spiro atoms. The molecule has 3 atom stereocenters. The lowest BCUT2D eigenvalue weighted by Crippen LogP contribution is -2.55. The lowest BCUT2D eigenvalue weighted by atomic mass is 9.87. The van der Waals surface area contributed by atoms with Crippen LogP contribution in [0.5, 0.6) is 11.5 Å². The third-order valence-corrected chi connectivity index (χ3v) is 8.63. The van der Waals surface area contributed by atoms with E-state index in [4.69, 9.17) is 9.47 Å². The van der Waals surface area contributed by atoms with Gasteiger partial charge in [-0.15, -0.1) is 6.58 Å². The van der Waals surface area contributed by atoms with Crippen LogP contribution in [0.2, 0.25) is 0 Å². The Morgan fingerprint density at radius 1 is 1.22 bits per heavy atom. The molecule has 1 aromatic heterocycles. The minimum atomic E-state index is -1.19. The number of methoxy groups -OCH3 is 1. The van der Waals surface area contributed by atoms with E-state index in [2.05, 4.69) is 22.9 Å². The van der Waals surface area contributed by atoms with Crippen molar-refractivity contribution < 1.29 is 34.1 Å². The average Bonchev–Trinajstić information content (AvgIpc) is 3.47. The molecule has 3 aromatic rings. The van der Waals surface area contributed by atoms with E-state index in [1.807, 2.05) is 52.9 Å². The number of aliphatic hydroxyl groups excluding tert-OH is 2. The topological polar surface area (TPSA) is 141 Å². The van der Waals surface area contributed by atoms with Crippen LogP contribution in [0.1, 0.15) is 48.2 Å². The summed E-state index contributed by atoms with van der Waals surface area (Å²) in [7, 11) is 1.45. The predicted molar refractivity (Wildman–Crippen MR) is 180 cm³/mol. The molecular weight excluding hydrogens is 689 g/mol. The minimum Gasteiger partial charge on any atom is -0.493 e. The van der Waals surface area contributed by atoms with Gasteiger partial charge in [-0.25, -0.2) is 0 Å². The van der Waals surface area contributed by atoms with Crippen LogP contribution < -0.4 is 14.8 Å². The van der Waals surface area contributed by atoms with Gasteiger partial charge in [-0.1, -0.05) is 24.3 Å². The second kappa shape index (κ2) is 16.6. The van der Waals surface area contributed by atoms with Gasteiger partial charge in [0.15, 0.2) is 11.5 Å². The normalized spacial score (nSPS) is 17.8. The fraction of sp³-hybridized carbons (Fsp3) is 0.382. The molecular formula is C34H40IN3O7. The van der Waals surface area contributed by atoms with E-state index < -0.39 is 24.2 Å². The molecule has 0 aliphatic heterocycles. The summed E-state index contributed by atoms with van der Waals surface area (Å²) in [6, 6.07) is 12.4. The van der Waals surface area contributed by atoms with Crippen molar-refractivity contribution in [3.05, 3.63) is 81.6 Å². The first-order valence-corrected chi connectivity index (χ1v) is 16.1. The summed E-state index contributed by atoms with van der Waals surface area (Å²) in [5, 5.41) is 24.9. The molecule has 0 bridgehead atoms. The first-order valence-electron chi connectivity index (χ1n) is 15.0. The molecule has 0 saturated heterocycles. The third kappa shape index (κ3) is 8.74. The van der Waals surface area contributed by atoms with Crippen LogP contribution in [0.15, 0.2) is 66.8 Å². The first kappa shape index (κ1) is 34.2. The monoisotopic (exact) mass is 729 g/mol. The van der Waals surface area contributed by atoms with Crippen molar-refractivity contribution in [3.63, 3.8) is 0 Å². The number of halogens is 1. The molecule has 1 heterocycles. The van der Waals surface area contributed by atoms with Gasteiger partial charge in [0.1, 0.15) is 18.5 Å². The van der Waals surface area contributed by atoms with Crippen molar-refractivity contribution in [3.8, 4) is 11.5 Å². The zero-order valence-electron chi connectivity index (χ0n) is 25.3. The maximum atomic E-state index is 13.8. The fourth-order valence-electron chi connectivity index (χ4n) is 5.53. The minimum absolute atomic E-state index is 0.0557. The number of nitrogens with one attached hydrogen (secondary N) is 2. The Morgan fingerprint density at radius 2 is 2.02 bits per heavy atom. The number of benzene rings is 2. The van der Waals surface area contributed by atoms with Crippen LogP contribution in [0, 0.1) is 3.57 Å². The first-order chi connectivity index (χ1) is 21.8. The molecule has 0 fully saturated rings. The zero-order chi connectivity index (χ0) is 32.3. The van der Waals surface area contributed by atoms with E-state index in [-0.39, 0.29) is 31.9 Å². The maximum Gasteiger partial charge on any atom is 0.247 e. The Hall–Kier alpha value is -3.68. The van der Waals surface area contributed by atoms with Gasteiger partial charge in [0.05, 0.1) is 23.3 Å². The highest BCUT2D eigenvalue weighted by Gasteiger charge is 2.40. The lowest BCUT2D eigenvalue weighted by Gasteiger charge is -2.40. The lowest BCUT2D eigenvalue weighted by molar-refractivity contribution is -0.138. The molecule has 240 valence electrons. The molecule has 0 saturated carbocycles. The third-order valence-electron chi connectivity index (χ3n) is 7.83. The van der Waals surface area contributed by atoms with Gasteiger partial charge in [0, 0.05) is 54.7 Å². The van der Waals surface area contributed by atoms with Crippen LogP contribution in [0.25, 0.3) is 10.9 Å². The number of amides is 2. The number of carbonyl (C=O) groups is 3. The number of aromatic amines is 1. The molecule has 11 heteroatoms. The fourth-order valence-corrected chi connectivity index (χ4v) is 6.28. The number of hydrogen-bond donors (Lipinski definition) is 4. The highest BCUT2D eigenvalue weighted by Crippen LogP contribution is 2.37. The van der Waals surface area contributed by atoms with Crippen LogP contribution >= 0.6 is 22.6 Å². The summed E-state index contributed by atoms with van der Waals surface area (Å²) >= 11 is 2.03. The summed E-state index contributed by atoms with van der Waals surface area (Å²) in [4.78, 5) is 43.5. The maximum absolute atomic E-state index is 13.8. The molecule has 45 heavy (non-hydrogen) atoms. The standard InChI is InChI=1S/C34H40IN3O7/c1-3-4-5-6-11-31(41)38(14-12-25-18-23-9-7-8-10-27(23)37-25)28-19-24(34(43)36-13-15-39)20-29(32(28)42)45-33-26(35)16-22(21-40)17-30(33)44-2/h3,7-10,16-18,20-21,28-29,32,37,39,42H,1,4-6,11-15,19H2,2H3,(H,36,43). The largest absolute Gasteiger partial charge is 0.493 e. The molecule has 10 nitrogen and oxygen atoms in total.